The predicted octanol–water partition coefficient (Wildman–Crippen LogP) is 5.17. The van der Waals surface area contributed by atoms with E-state index in [1.165, 1.54) is 11.3 Å². The molecular weight excluding hydrogens is 452 g/mol. The highest BCUT2D eigenvalue weighted by Gasteiger charge is 2.59. The monoisotopic (exact) mass is 488 g/mol. The Morgan fingerprint density at radius 3 is 2.50 bits per heavy atom. The van der Waals surface area contributed by atoms with Crippen LogP contribution in [0.3, 0.4) is 0 Å². The summed E-state index contributed by atoms with van der Waals surface area (Å²) < 4.78 is 11.1. The van der Waals surface area contributed by atoms with E-state index in [-0.39, 0.29) is 23.2 Å². The molecule has 3 atom stereocenters. The minimum absolute atomic E-state index is 0.0765. The molecule has 1 fully saturated rings. The number of hydrogen-bond donors (Lipinski definition) is 1. The maximum absolute atomic E-state index is 14.2. The highest BCUT2D eigenvalue weighted by atomic mass is 32.1. The second-order valence-electron chi connectivity index (χ2n) is 10.5. The molecule has 0 saturated carbocycles. The topological polar surface area (TPSA) is 89.0 Å². The van der Waals surface area contributed by atoms with E-state index in [1.54, 1.807) is 43.0 Å². The molecule has 8 heteroatoms. The number of carboxylic acids is 1. The number of methoxy groups -OCH3 is 2. The van der Waals surface area contributed by atoms with Crippen molar-refractivity contribution in [2.24, 2.45) is 11.8 Å². The van der Waals surface area contributed by atoms with Crippen molar-refractivity contribution in [3.8, 4) is 5.75 Å². The van der Waals surface area contributed by atoms with Crippen LogP contribution in [0.1, 0.15) is 74.3 Å². The van der Waals surface area contributed by atoms with Crippen LogP contribution in [0.4, 0.5) is 0 Å². The standard InChI is InChI=1S/C26H36N2O5S/c1-16(2)11-26(24(30)31)12-18(14-32-6)22(21-13-27-15-34-21)28(26)23(29)17-8-9-19(25(3,4)5)20(10-17)33-7/h8-10,13,15-16,18,22H,11-12,14H2,1-7H3,(H,30,31)/t18-,22-,26?/m1/s1. The van der Waals surface area contributed by atoms with Crippen LogP contribution in [0, 0.1) is 11.8 Å². The maximum Gasteiger partial charge on any atom is 0.329 e. The molecule has 1 aliphatic rings. The summed E-state index contributed by atoms with van der Waals surface area (Å²) in [6.45, 7) is 10.6. The molecule has 1 aliphatic heterocycles. The summed E-state index contributed by atoms with van der Waals surface area (Å²) in [7, 11) is 3.19. The molecule has 1 unspecified atom stereocenters. The first-order valence-corrected chi connectivity index (χ1v) is 12.5. The highest BCUT2D eigenvalue weighted by Crippen LogP contribution is 2.51. The van der Waals surface area contributed by atoms with Crippen LogP contribution in [0.15, 0.2) is 29.9 Å². The first kappa shape index (κ1) is 26.2. The average molecular weight is 489 g/mol. The van der Waals surface area contributed by atoms with Crippen molar-refractivity contribution < 1.29 is 24.2 Å². The Hall–Kier alpha value is -2.45. The van der Waals surface area contributed by atoms with Crippen molar-refractivity contribution in [3.05, 3.63) is 45.9 Å². The fourth-order valence-electron chi connectivity index (χ4n) is 5.25. The molecule has 1 saturated heterocycles. The number of carbonyl (C=O) groups is 2. The minimum Gasteiger partial charge on any atom is -0.496 e. The van der Waals surface area contributed by atoms with Gasteiger partial charge in [-0.1, -0.05) is 40.7 Å². The molecular formula is C26H36N2O5S. The van der Waals surface area contributed by atoms with Crippen molar-refractivity contribution in [1.29, 1.82) is 0 Å². The molecule has 7 nitrogen and oxygen atoms in total. The fourth-order valence-corrected chi connectivity index (χ4v) is 6.06. The molecule has 1 N–H and O–H groups in total. The van der Waals surface area contributed by atoms with Crippen LogP contribution in [0.25, 0.3) is 0 Å². The Morgan fingerprint density at radius 1 is 1.29 bits per heavy atom. The van der Waals surface area contributed by atoms with Gasteiger partial charge >= 0.3 is 5.97 Å². The van der Waals surface area contributed by atoms with E-state index in [9.17, 15) is 14.7 Å². The number of aliphatic carboxylic acids is 1. The normalized spacial score (nSPS) is 22.9. The number of carboxylic acid groups (broad SMARTS) is 1. The van der Waals surface area contributed by atoms with Crippen molar-refractivity contribution >= 4 is 23.2 Å². The van der Waals surface area contributed by atoms with Crippen LogP contribution in [-0.2, 0) is 14.9 Å². The van der Waals surface area contributed by atoms with E-state index in [0.717, 1.165) is 10.4 Å². The zero-order valence-electron chi connectivity index (χ0n) is 21.1. The summed E-state index contributed by atoms with van der Waals surface area (Å²) in [6, 6.07) is 4.98. The number of likely N-dealkylation sites (tertiary alicyclic amines) is 1. The molecule has 3 rings (SSSR count). The van der Waals surface area contributed by atoms with Crippen LogP contribution >= 0.6 is 11.3 Å². The van der Waals surface area contributed by atoms with Gasteiger partial charge in [0.05, 0.1) is 25.3 Å². The van der Waals surface area contributed by atoms with Gasteiger partial charge in [0.1, 0.15) is 11.3 Å². The second-order valence-corrected chi connectivity index (χ2v) is 11.5. The van der Waals surface area contributed by atoms with Crippen molar-refractivity contribution in [1.82, 2.24) is 9.88 Å². The summed E-state index contributed by atoms with van der Waals surface area (Å²) in [6.07, 6.45) is 2.40. The lowest BCUT2D eigenvalue weighted by molar-refractivity contribution is -0.150. The van der Waals surface area contributed by atoms with Crippen molar-refractivity contribution in [2.75, 3.05) is 20.8 Å². The summed E-state index contributed by atoms with van der Waals surface area (Å²) in [5, 5.41) is 10.6. The third kappa shape index (κ3) is 4.84. The lowest BCUT2D eigenvalue weighted by Gasteiger charge is -2.39. The van der Waals surface area contributed by atoms with Crippen molar-refractivity contribution in [3.63, 3.8) is 0 Å². The van der Waals surface area contributed by atoms with Crippen LogP contribution in [0.2, 0.25) is 0 Å². The van der Waals surface area contributed by atoms with Gasteiger partial charge in [0.25, 0.3) is 5.91 Å². The SMILES string of the molecule is COC[C@H]1CC(CC(C)C)(C(=O)O)N(C(=O)c2ccc(C(C)(C)C)c(OC)c2)[C@H]1c1cncs1. The van der Waals surface area contributed by atoms with E-state index in [1.807, 2.05) is 19.9 Å². The lowest BCUT2D eigenvalue weighted by Crippen LogP contribution is -2.54. The molecule has 1 aromatic heterocycles. The van der Waals surface area contributed by atoms with Crippen LogP contribution in [-0.4, -0.2) is 53.2 Å². The molecule has 2 aromatic rings. The maximum atomic E-state index is 14.2. The number of benzene rings is 1. The van der Waals surface area contributed by atoms with Gasteiger partial charge in [-0.25, -0.2) is 4.79 Å². The number of nitrogens with zero attached hydrogens (tertiary/aromatic N) is 2. The van der Waals surface area contributed by atoms with Gasteiger partial charge in [-0.05, 0) is 41.9 Å². The molecule has 0 aliphatic carbocycles. The predicted molar refractivity (Wildman–Crippen MR) is 133 cm³/mol. The fraction of sp³-hybridized carbons (Fsp3) is 0.577. The van der Waals surface area contributed by atoms with Gasteiger partial charge in [0.2, 0.25) is 0 Å². The van der Waals surface area contributed by atoms with Gasteiger partial charge in [-0.3, -0.25) is 9.78 Å². The Balaban J connectivity index is 2.19. The average Bonchev–Trinajstić information content (AvgIpc) is 3.38. The minimum atomic E-state index is -1.35. The molecule has 34 heavy (non-hydrogen) atoms. The van der Waals surface area contributed by atoms with Crippen molar-refractivity contribution in [2.45, 2.75) is 64.5 Å². The molecule has 1 amide bonds. The molecule has 2 heterocycles. The number of aromatic nitrogens is 1. The number of amides is 1. The number of ether oxygens (including phenoxy) is 2. The quantitative estimate of drug-likeness (QED) is 0.552. The second kappa shape index (κ2) is 10.0. The van der Waals surface area contributed by atoms with Gasteiger partial charge in [-0.15, -0.1) is 11.3 Å². The first-order valence-electron chi connectivity index (χ1n) is 11.6. The smallest absolute Gasteiger partial charge is 0.329 e. The van der Waals surface area contributed by atoms with Gasteiger partial charge in [0.15, 0.2) is 0 Å². The Labute approximate surface area is 206 Å². The largest absolute Gasteiger partial charge is 0.496 e. The van der Waals surface area contributed by atoms with E-state index >= 15 is 0 Å². The lowest BCUT2D eigenvalue weighted by atomic mass is 9.83. The van der Waals surface area contributed by atoms with Crippen LogP contribution in [0.5, 0.6) is 5.75 Å². The van der Waals surface area contributed by atoms with Crippen LogP contribution < -0.4 is 4.74 Å². The Bertz CT molecular complexity index is 1010. The van der Waals surface area contributed by atoms with E-state index in [0.29, 0.717) is 30.8 Å². The van der Waals surface area contributed by atoms with Gasteiger partial charge in [-0.2, -0.15) is 0 Å². The third-order valence-corrected chi connectivity index (χ3v) is 7.37. The number of carbonyl (C=O) groups excluding carboxylic acids is 1. The number of thiazole rings is 1. The van der Waals surface area contributed by atoms with E-state index in [2.05, 4.69) is 25.8 Å². The molecule has 1 aromatic carbocycles. The molecule has 186 valence electrons. The Morgan fingerprint density at radius 2 is 2.00 bits per heavy atom. The highest BCUT2D eigenvalue weighted by molar-refractivity contribution is 7.09. The molecule has 0 radical (unpaired) electrons. The molecule has 0 bridgehead atoms. The van der Waals surface area contributed by atoms with Gasteiger partial charge in [0, 0.05) is 29.7 Å². The van der Waals surface area contributed by atoms with E-state index < -0.39 is 17.6 Å². The number of hydrogen-bond acceptors (Lipinski definition) is 6. The van der Waals surface area contributed by atoms with E-state index in [4.69, 9.17) is 9.47 Å². The zero-order valence-corrected chi connectivity index (χ0v) is 21.9. The Kier molecular flexibility index (Phi) is 7.72. The summed E-state index contributed by atoms with van der Waals surface area (Å²) in [4.78, 5) is 33.8. The van der Waals surface area contributed by atoms with Gasteiger partial charge < -0.3 is 19.5 Å². The summed E-state index contributed by atoms with van der Waals surface area (Å²) in [5.41, 5.74) is 1.59. The number of rotatable bonds is 8. The summed E-state index contributed by atoms with van der Waals surface area (Å²) in [5.74, 6) is -0.780. The zero-order chi connectivity index (χ0) is 25.3. The first-order chi connectivity index (χ1) is 16.0. The summed E-state index contributed by atoms with van der Waals surface area (Å²) >= 11 is 1.43. The third-order valence-electron chi connectivity index (χ3n) is 6.53. The molecule has 0 spiro atoms.